The third kappa shape index (κ3) is 2.56. The van der Waals surface area contributed by atoms with E-state index in [0.29, 0.717) is 6.42 Å². The molecular formula is C21H20N2O. The Labute approximate surface area is 141 Å². The number of hydrogen-bond donors (Lipinski definition) is 0. The van der Waals surface area contributed by atoms with Crippen molar-refractivity contribution in [3.8, 4) is 0 Å². The predicted octanol–water partition coefficient (Wildman–Crippen LogP) is 4.28. The average Bonchev–Trinajstić information content (AvgIpc) is 2.60. The maximum atomic E-state index is 12.3. The largest absolute Gasteiger partial charge is 0.307 e. The van der Waals surface area contributed by atoms with E-state index in [2.05, 4.69) is 36.2 Å². The quantitative estimate of drug-likeness (QED) is 0.673. The molecule has 0 radical (unpaired) electrons. The number of aryl methyl sites for hydroxylation is 2. The molecule has 1 aromatic heterocycles. The fourth-order valence-electron chi connectivity index (χ4n) is 3.54. The van der Waals surface area contributed by atoms with E-state index >= 15 is 0 Å². The molecule has 1 aliphatic rings. The van der Waals surface area contributed by atoms with E-state index in [4.69, 9.17) is 0 Å². The van der Waals surface area contributed by atoms with Gasteiger partial charge < -0.3 is 4.90 Å². The van der Waals surface area contributed by atoms with Crippen LogP contribution in [-0.2, 0) is 11.2 Å². The van der Waals surface area contributed by atoms with Crippen molar-refractivity contribution in [3.63, 3.8) is 0 Å². The molecule has 120 valence electrons. The lowest BCUT2D eigenvalue weighted by Crippen LogP contribution is -2.53. The number of aromatic nitrogens is 1. The standard InChI is InChI=1S/C21H20N2O/c1-15-6-2-3-7-16(15)11-12-18-14-20(24)23(18)19-10-4-8-17-9-5-13-22-21(17)19/h2-10,13,18H,11-12,14H2,1H3. The lowest BCUT2D eigenvalue weighted by atomic mass is 9.92. The Balaban J connectivity index is 1.58. The Kier molecular flexibility index (Phi) is 3.77. The molecule has 0 aliphatic carbocycles. The normalized spacial score (nSPS) is 17.1. The molecular weight excluding hydrogens is 296 g/mol. The third-order valence-electron chi connectivity index (χ3n) is 4.92. The number of carbonyl (C=O) groups is 1. The zero-order valence-corrected chi connectivity index (χ0v) is 13.8. The predicted molar refractivity (Wildman–Crippen MR) is 97.1 cm³/mol. The molecule has 1 saturated heterocycles. The Morgan fingerprint density at radius 1 is 1.08 bits per heavy atom. The number of benzene rings is 2. The second kappa shape index (κ2) is 6.08. The summed E-state index contributed by atoms with van der Waals surface area (Å²) in [6, 6.07) is 18.8. The van der Waals surface area contributed by atoms with Gasteiger partial charge in [0.25, 0.3) is 0 Å². The van der Waals surface area contributed by atoms with Gasteiger partial charge >= 0.3 is 0 Å². The average molecular weight is 316 g/mol. The summed E-state index contributed by atoms with van der Waals surface area (Å²) in [6.07, 6.45) is 4.41. The fraction of sp³-hybridized carbons (Fsp3) is 0.238. The molecule has 3 heteroatoms. The third-order valence-corrected chi connectivity index (χ3v) is 4.92. The Morgan fingerprint density at radius 3 is 2.75 bits per heavy atom. The molecule has 0 bridgehead atoms. The van der Waals surface area contributed by atoms with Gasteiger partial charge in [0.1, 0.15) is 0 Å². The van der Waals surface area contributed by atoms with E-state index in [1.807, 2.05) is 35.2 Å². The smallest absolute Gasteiger partial charge is 0.229 e. The highest BCUT2D eigenvalue weighted by atomic mass is 16.2. The summed E-state index contributed by atoms with van der Waals surface area (Å²) in [4.78, 5) is 18.7. The van der Waals surface area contributed by atoms with E-state index in [9.17, 15) is 4.79 Å². The van der Waals surface area contributed by atoms with Crippen LogP contribution in [-0.4, -0.2) is 16.9 Å². The molecule has 1 aliphatic heterocycles. The number of pyridine rings is 1. The molecule has 0 N–H and O–H groups in total. The van der Waals surface area contributed by atoms with E-state index in [0.717, 1.165) is 29.4 Å². The van der Waals surface area contributed by atoms with Gasteiger partial charge in [-0.2, -0.15) is 0 Å². The van der Waals surface area contributed by atoms with Gasteiger partial charge in [-0.3, -0.25) is 9.78 Å². The lowest BCUT2D eigenvalue weighted by molar-refractivity contribution is -0.124. The lowest BCUT2D eigenvalue weighted by Gasteiger charge is -2.41. The fourth-order valence-corrected chi connectivity index (χ4v) is 3.54. The second-order valence-electron chi connectivity index (χ2n) is 6.44. The summed E-state index contributed by atoms with van der Waals surface area (Å²) in [5.41, 5.74) is 4.54. The molecule has 4 rings (SSSR count). The van der Waals surface area contributed by atoms with Crippen LogP contribution in [0.15, 0.2) is 60.8 Å². The Bertz CT molecular complexity index is 898. The summed E-state index contributed by atoms with van der Waals surface area (Å²) in [6.45, 7) is 2.15. The first kappa shape index (κ1) is 14.9. The van der Waals surface area contributed by atoms with Gasteiger partial charge in [-0.1, -0.05) is 42.5 Å². The van der Waals surface area contributed by atoms with Crippen LogP contribution in [0, 0.1) is 6.92 Å². The van der Waals surface area contributed by atoms with E-state index in [1.54, 1.807) is 6.20 Å². The van der Waals surface area contributed by atoms with Gasteiger partial charge in [-0.25, -0.2) is 0 Å². The summed E-state index contributed by atoms with van der Waals surface area (Å²) in [5, 5.41) is 1.08. The number of para-hydroxylation sites is 1. The van der Waals surface area contributed by atoms with Crippen molar-refractivity contribution in [2.75, 3.05) is 4.90 Å². The summed E-state index contributed by atoms with van der Waals surface area (Å²) in [7, 11) is 0. The molecule has 3 aromatic rings. The van der Waals surface area contributed by atoms with Crippen molar-refractivity contribution < 1.29 is 4.79 Å². The van der Waals surface area contributed by atoms with Crippen LogP contribution < -0.4 is 4.90 Å². The summed E-state index contributed by atoms with van der Waals surface area (Å²) >= 11 is 0. The first-order valence-corrected chi connectivity index (χ1v) is 8.44. The highest BCUT2D eigenvalue weighted by molar-refractivity contribution is 6.06. The molecule has 1 unspecified atom stereocenters. The van der Waals surface area contributed by atoms with Crippen LogP contribution in [0.4, 0.5) is 5.69 Å². The van der Waals surface area contributed by atoms with Crippen LogP contribution in [0.1, 0.15) is 24.0 Å². The molecule has 24 heavy (non-hydrogen) atoms. The molecule has 1 amide bonds. The molecule has 1 fully saturated rings. The van der Waals surface area contributed by atoms with Crippen molar-refractivity contribution >= 4 is 22.5 Å². The SMILES string of the molecule is Cc1ccccc1CCC1CC(=O)N1c1cccc2cccnc12. The first-order chi connectivity index (χ1) is 11.7. The minimum atomic E-state index is 0.197. The molecule has 2 aromatic carbocycles. The molecule has 0 saturated carbocycles. The maximum Gasteiger partial charge on any atom is 0.229 e. The zero-order valence-electron chi connectivity index (χ0n) is 13.8. The van der Waals surface area contributed by atoms with Gasteiger partial charge in [0.05, 0.1) is 11.2 Å². The van der Waals surface area contributed by atoms with Gasteiger partial charge in [0, 0.05) is 24.0 Å². The van der Waals surface area contributed by atoms with Crippen LogP contribution in [0.2, 0.25) is 0 Å². The zero-order chi connectivity index (χ0) is 16.5. The van der Waals surface area contributed by atoms with Crippen LogP contribution in [0.5, 0.6) is 0 Å². The monoisotopic (exact) mass is 316 g/mol. The van der Waals surface area contributed by atoms with Crippen molar-refractivity contribution in [1.82, 2.24) is 4.98 Å². The number of β-lactam (4-membered cyclic amide) rings is 1. The van der Waals surface area contributed by atoms with Gasteiger partial charge in [0.15, 0.2) is 0 Å². The topological polar surface area (TPSA) is 33.2 Å². The second-order valence-corrected chi connectivity index (χ2v) is 6.44. The van der Waals surface area contributed by atoms with Gasteiger partial charge in [-0.05, 0) is 43.0 Å². The summed E-state index contributed by atoms with van der Waals surface area (Å²) < 4.78 is 0. The number of anilines is 1. The van der Waals surface area contributed by atoms with Crippen molar-refractivity contribution in [3.05, 3.63) is 71.9 Å². The van der Waals surface area contributed by atoms with Crippen LogP contribution in [0.25, 0.3) is 10.9 Å². The number of carbonyl (C=O) groups excluding carboxylic acids is 1. The molecule has 3 nitrogen and oxygen atoms in total. The first-order valence-electron chi connectivity index (χ1n) is 8.44. The van der Waals surface area contributed by atoms with E-state index in [-0.39, 0.29) is 11.9 Å². The Morgan fingerprint density at radius 2 is 1.92 bits per heavy atom. The van der Waals surface area contributed by atoms with Crippen molar-refractivity contribution in [1.29, 1.82) is 0 Å². The van der Waals surface area contributed by atoms with Gasteiger partial charge in [0.2, 0.25) is 5.91 Å². The van der Waals surface area contributed by atoms with Crippen molar-refractivity contribution in [2.24, 2.45) is 0 Å². The van der Waals surface area contributed by atoms with Gasteiger partial charge in [-0.15, -0.1) is 0 Å². The number of amides is 1. The minimum Gasteiger partial charge on any atom is -0.307 e. The van der Waals surface area contributed by atoms with E-state index < -0.39 is 0 Å². The number of rotatable bonds is 4. The Hall–Kier alpha value is -2.68. The van der Waals surface area contributed by atoms with E-state index in [1.165, 1.54) is 11.1 Å². The number of hydrogen-bond acceptors (Lipinski definition) is 2. The summed E-state index contributed by atoms with van der Waals surface area (Å²) in [5.74, 6) is 0.197. The van der Waals surface area contributed by atoms with Crippen LogP contribution in [0.3, 0.4) is 0 Å². The number of fused-ring (bicyclic) bond motifs is 1. The maximum absolute atomic E-state index is 12.3. The highest BCUT2D eigenvalue weighted by Gasteiger charge is 2.37. The van der Waals surface area contributed by atoms with Crippen molar-refractivity contribution in [2.45, 2.75) is 32.2 Å². The molecule has 1 atom stereocenters. The van der Waals surface area contributed by atoms with Crippen LogP contribution >= 0.6 is 0 Å². The minimum absolute atomic E-state index is 0.197. The number of nitrogens with zero attached hydrogens (tertiary/aromatic N) is 2. The molecule has 0 spiro atoms. The molecule has 2 heterocycles. The highest BCUT2D eigenvalue weighted by Crippen LogP contribution is 2.34.